The zero-order valence-electron chi connectivity index (χ0n) is 7.84. The van der Waals surface area contributed by atoms with Crippen molar-refractivity contribution in [3.63, 3.8) is 0 Å². The Balaban J connectivity index is 2.11. The fraction of sp³-hybridized carbons (Fsp3) is 0.750. The largest absolute Gasteiger partial charge is 0.389 e. The number of nitrogens with zero attached hydrogens (tertiary/aromatic N) is 2. The van der Waals surface area contributed by atoms with Crippen LogP contribution in [0.3, 0.4) is 0 Å². The van der Waals surface area contributed by atoms with Crippen molar-refractivity contribution in [3.8, 4) is 0 Å². The molecule has 1 aliphatic carbocycles. The molecular weight excluding hydrogens is 227 g/mol. The second kappa shape index (κ2) is 3.62. The number of nitrogens with one attached hydrogen (secondary N) is 1. The lowest BCUT2D eigenvalue weighted by molar-refractivity contribution is -0.134. The summed E-state index contributed by atoms with van der Waals surface area (Å²) < 4.78 is 38.2. The van der Waals surface area contributed by atoms with E-state index in [4.69, 9.17) is 12.2 Å². The third-order valence-electron chi connectivity index (χ3n) is 2.32. The van der Waals surface area contributed by atoms with Gasteiger partial charge in [-0.05, 0) is 25.1 Å². The molecule has 2 rings (SSSR count). The number of H-pyrrole nitrogens is 1. The molecule has 0 unspecified atom stereocenters. The summed E-state index contributed by atoms with van der Waals surface area (Å²) in [6, 6.07) is 0.263. The van der Waals surface area contributed by atoms with Gasteiger partial charge in [0.15, 0.2) is 4.77 Å². The highest BCUT2D eigenvalue weighted by atomic mass is 32.1. The molecule has 1 aromatic heterocycles. The normalized spacial score (nSPS) is 17.0. The Bertz CT molecular complexity index is 402. The summed E-state index contributed by atoms with van der Waals surface area (Å²) >= 11 is 4.96. The van der Waals surface area contributed by atoms with Crippen LogP contribution in [-0.4, -0.2) is 20.9 Å². The van der Waals surface area contributed by atoms with Gasteiger partial charge in [-0.2, -0.15) is 18.3 Å². The fourth-order valence-electron chi connectivity index (χ4n) is 1.48. The number of aryl methyl sites for hydroxylation is 1. The van der Waals surface area contributed by atoms with Crippen molar-refractivity contribution in [2.75, 3.05) is 0 Å². The maximum absolute atomic E-state index is 12.0. The number of hydrogen-bond acceptors (Lipinski definition) is 2. The van der Waals surface area contributed by atoms with E-state index in [0.29, 0.717) is 10.6 Å². The predicted molar refractivity (Wildman–Crippen MR) is 50.1 cm³/mol. The zero-order valence-corrected chi connectivity index (χ0v) is 8.66. The molecule has 1 aliphatic rings. The number of aromatic amines is 1. The van der Waals surface area contributed by atoms with Crippen molar-refractivity contribution in [2.24, 2.45) is 0 Å². The third kappa shape index (κ3) is 2.58. The molecule has 1 N–H and O–H groups in total. The molecule has 0 spiro atoms. The van der Waals surface area contributed by atoms with E-state index in [9.17, 15) is 13.2 Å². The van der Waals surface area contributed by atoms with Crippen LogP contribution in [0.2, 0.25) is 0 Å². The molecule has 1 saturated carbocycles. The summed E-state index contributed by atoms with van der Waals surface area (Å²) in [5.41, 5.74) is 0. The summed E-state index contributed by atoms with van der Waals surface area (Å²) in [6.45, 7) is 0. The van der Waals surface area contributed by atoms with Crippen molar-refractivity contribution >= 4 is 12.2 Å². The van der Waals surface area contributed by atoms with Crippen LogP contribution in [0, 0.1) is 4.77 Å². The highest BCUT2D eigenvalue weighted by molar-refractivity contribution is 7.71. The summed E-state index contributed by atoms with van der Waals surface area (Å²) in [5, 5.41) is 6.37. The van der Waals surface area contributed by atoms with Gasteiger partial charge in [0.05, 0.1) is 6.42 Å². The van der Waals surface area contributed by atoms with Crippen molar-refractivity contribution in [1.29, 1.82) is 0 Å². The second-order valence-corrected chi connectivity index (χ2v) is 4.05. The van der Waals surface area contributed by atoms with Crippen LogP contribution < -0.4 is 0 Å². The first-order valence-electron chi connectivity index (χ1n) is 4.70. The average molecular weight is 237 g/mol. The lowest BCUT2D eigenvalue weighted by atomic mass is 10.3. The monoisotopic (exact) mass is 237 g/mol. The van der Waals surface area contributed by atoms with Gasteiger partial charge in [0.1, 0.15) is 5.82 Å². The van der Waals surface area contributed by atoms with Crippen molar-refractivity contribution in [2.45, 2.75) is 37.9 Å². The molecule has 1 fully saturated rings. The van der Waals surface area contributed by atoms with Gasteiger partial charge < -0.3 is 4.57 Å². The van der Waals surface area contributed by atoms with E-state index in [1.807, 2.05) is 0 Å². The molecule has 0 amide bonds. The van der Waals surface area contributed by atoms with Crippen molar-refractivity contribution < 1.29 is 13.2 Å². The van der Waals surface area contributed by atoms with Crippen LogP contribution in [-0.2, 0) is 6.42 Å². The molecule has 3 nitrogen and oxygen atoms in total. The average Bonchev–Trinajstić information content (AvgIpc) is 2.87. The van der Waals surface area contributed by atoms with Gasteiger partial charge >= 0.3 is 6.18 Å². The lowest BCUT2D eigenvalue weighted by Crippen LogP contribution is -2.11. The van der Waals surface area contributed by atoms with E-state index in [-0.39, 0.29) is 12.5 Å². The molecule has 84 valence electrons. The maximum atomic E-state index is 12.0. The summed E-state index contributed by atoms with van der Waals surface area (Å²) in [7, 11) is 0. The zero-order chi connectivity index (χ0) is 11.1. The summed E-state index contributed by atoms with van der Waals surface area (Å²) in [5.74, 6) is 0.417. The highest BCUT2D eigenvalue weighted by Crippen LogP contribution is 2.36. The highest BCUT2D eigenvalue weighted by Gasteiger charge is 2.31. The minimum atomic E-state index is -4.14. The summed E-state index contributed by atoms with van der Waals surface area (Å²) in [6.07, 6.45) is -3.13. The smallest absolute Gasteiger partial charge is 0.301 e. The first kappa shape index (κ1) is 10.7. The van der Waals surface area contributed by atoms with Gasteiger partial charge in [-0.1, -0.05) is 0 Å². The predicted octanol–water partition coefficient (Wildman–Crippen LogP) is 2.77. The van der Waals surface area contributed by atoms with E-state index >= 15 is 0 Å². The standard InChI is InChI=1S/C8H10F3N3S/c9-8(10,11)4-3-6-12-13-7(15)14(6)5-1-2-5/h5H,1-4H2,(H,13,15). The molecule has 0 aliphatic heterocycles. The Morgan fingerprint density at radius 1 is 1.47 bits per heavy atom. The van der Waals surface area contributed by atoms with Gasteiger partial charge in [-0.3, -0.25) is 5.10 Å². The van der Waals surface area contributed by atoms with E-state index < -0.39 is 12.6 Å². The topological polar surface area (TPSA) is 33.6 Å². The minimum absolute atomic E-state index is 0.104. The Morgan fingerprint density at radius 2 is 2.13 bits per heavy atom. The van der Waals surface area contributed by atoms with Gasteiger partial charge in [0.25, 0.3) is 0 Å². The van der Waals surface area contributed by atoms with Crippen LogP contribution in [0.4, 0.5) is 13.2 Å². The Hall–Kier alpha value is -0.850. The number of halogens is 3. The molecular formula is C8H10F3N3S. The Morgan fingerprint density at radius 3 is 2.67 bits per heavy atom. The maximum Gasteiger partial charge on any atom is 0.389 e. The molecule has 0 atom stereocenters. The first-order chi connectivity index (χ1) is 6.97. The third-order valence-corrected chi connectivity index (χ3v) is 2.61. The first-order valence-corrected chi connectivity index (χ1v) is 5.11. The molecule has 1 aromatic rings. The van der Waals surface area contributed by atoms with E-state index in [1.54, 1.807) is 4.57 Å². The van der Waals surface area contributed by atoms with Crippen LogP contribution in [0.15, 0.2) is 0 Å². The quantitative estimate of drug-likeness (QED) is 0.820. The van der Waals surface area contributed by atoms with Gasteiger partial charge in [-0.15, -0.1) is 0 Å². The molecule has 7 heteroatoms. The van der Waals surface area contributed by atoms with Crippen LogP contribution in [0.1, 0.15) is 31.1 Å². The number of rotatable bonds is 3. The number of hydrogen-bond donors (Lipinski definition) is 1. The molecule has 1 heterocycles. The SMILES string of the molecule is FC(F)(F)CCc1n[nH]c(=S)n1C1CC1. The Labute approximate surface area is 89.3 Å². The number of aromatic nitrogens is 3. The second-order valence-electron chi connectivity index (χ2n) is 3.66. The van der Waals surface area contributed by atoms with Gasteiger partial charge in [0.2, 0.25) is 0 Å². The van der Waals surface area contributed by atoms with Crippen molar-refractivity contribution in [3.05, 3.63) is 10.6 Å². The van der Waals surface area contributed by atoms with Gasteiger partial charge in [-0.25, -0.2) is 0 Å². The fourth-order valence-corrected chi connectivity index (χ4v) is 1.78. The minimum Gasteiger partial charge on any atom is -0.301 e. The van der Waals surface area contributed by atoms with Crippen LogP contribution >= 0.6 is 12.2 Å². The molecule has 0 bridgehead atoms. The molecule has 15 heavy (non-hydrogen) atoms. The van der Waals surface area contributed by atoms with E-state index in [1.165, 1.54) is 0 Å². The van der Waals surface area contributed by atoms with Crippen LogP contribution in [0.5, 0.6) is 0 Å². The van der Waals surface area contributed by atoms with Crippen molar-refractivity contribution in [1.82, 2.24) is 14.8 Å². The number of alkyl halides is 3. The van der Waals surface area contributed by atoms with Crippen LogP contribution in [0.25, 0.3) is 0 Å². The molecule has 0 radical (unpaired) electrons. The lowest BCUT2D eigenvalue weighted by Gasteiger charge is -2.07. The van der Waals surface area contributed by atoms with E-state index in [2.05, 4.69) is 10.2 Å². The molecule has 0 aromatic carbocycles. The summed E-state index contributed by atoms with van der Waals surface area (Å²) in [4.78, 5) is 0. The van der Waals surface area contributed by atoms with E-state index in [0.717, 1.165) is 12.8 Å². The Kier molecular flexibility index (Phi) is 2.57. The van der Waals surface area contributed by atoms with Gasteiger partial charge in [0, 0.05) is 12.5 Å². The molecule has 0 saturated heterocycles.